The van der Waals surface area contributed by atoms with Gasteiger partial charge in [0.1, 0.15) is 29.9 Å². The molecule has 176 valence electrons. The maximum absolute atomic E-state index is 15.3. The minimum absolute atomic E-state index is 0.0232. The molecular formula is C25H24F3N4OP. The molecular weight excluding hydrogens is 460 g/mol. The Bertz CT molecular complexity index is 1420. The van der Waals surface area contributed by atoms with E-state index in [1.165, 1.54) is 25.3 Å². The second kappa shape index (κ2) is 9.18. The number of anilines is 1. The first-order valence-corrected chi connectivity index (χ1v) is 13.4. The zero-order chi connectivity index (χ0) is 24.6. The molecule has 0 aliphatic carbocycles. The molecule has 1 atom stereocenters. The van der Waals surface area contributed by atoms with Gasteiger partial charge in [0.05, 0.1) is 22.7 Å². The zero-order valence-corrected chi connectivity index (χ0v) is 20.1. The molecule has 1 unspecified atom stereocenters. The summed E-state index contributed by atoms with van der Waals surface area (Å²) < 4.78 is 57.0. The Labute approximate surface area is 195 Å². The molecule has 3 heterocycles. The van der Waals surface area contributed by atoms with Gasteiger partial charge in [-0.25, -0.2) is 23.1 Å². The molecule has 0 aliphatic heterocycles. The Kier molecular flexibility index (Phi) is 6.45. The maximum atomic E-state index is 15.3. The fourth-order valence-electron chi connectivity index (χ4n) is 3.77. The Morgan fingerprint density at radius 3 is 2.38 bits per heavy atom. The minimum Gasteiger partial charge on any atom is -0.374 e. The van der Waals surface area contributed by atoms with Crippen LogP contribution in [0, 0.1) is 24.4 Å². The first-order chi connectivity index (χ1) is 16.1. The molecule has 0 saturated carbocycles. The Morgan fingerprint density at radius 2 is 1.76 bits per heavy atom. The van der Waals surface area contributed by atoms with Gasteiger partial charge in [-0.2, -0.15) is 0 Å². The lowest BCUT2D eigenvalue weighted by atomic mass is 10.0. The van der Waals surface area contributed by atoms with Gasteiger partial charge >= 0.3 is 0 Å². The maximum Gasteiger partial charge on any atom is 0.169 e. The van der Waals surface area contributed by atoms with E-state index in [9.17, 15) is 8.96 Å². The van der Waals surface area contributed by atoms with Gasteiger partial charge in [0.15, 0.2) is 11.6 Å². The highest BCUT2D eigenvalue weighted by atomic mass is 31.2. The number of fused-ring (bicyclic) bond motifs is 1. The molecule has 34 heavy (non-hydrogen) atoms. The fraction of sp³-hybridized carbons (Fsp3) is 0.240. The topological polar surface area (TPSA) is 67.8 Å². The monoisotopic (exact) mass is 484 g/mol. The number of rotatable bonds is 6. The Morgan fingerprint density at radius 1 is 1.03 bits per heavy atom. The Balaban J connectivity index is 1.86. The van der Waals surface area contributed by atoms with Crippen molar-refractivity contribution in [2.24, 2.45) is 0 Å². The van der Waals surface area contributed by atoms with E-state index in [4.69, 9.17) is 0 Å². The Hall–Kier alpha value is -3.25. The third-order valence-corrected chi connectivity index (χ3v) is 6.97. The second-order valence-corrected chi connectivity index (χ2v) is 11.6. The van der Waals surface area contributed by atoms with E-state index in [1.54, 1.807) is 43.7 Å². The molecule has 5 nitrogen and oxygen atoms in total. The summed E-state index contributed by atoms with van der Waals surface area (Å²) in [6.07, 6.45) is 1.86. The van der Waals surface area contributed by atoms with Crippen LogP contribution in [-0.4, -0.2) is 28.3 Å². The van der Waals surface area contributed by atoms with Gasteiger partial charge in [0.25, 0.3) is 0 Å². The molecule has 0 spiro atoms. The second-order valence-electron chi connectivity index (χ2n) is 8.46. The van der Waals surface area contributed by atoms with Crippen molar-refractivity contribution in [1.82, 2.24) is 15.0 Å². The van der Waals surface area contributed by atoms with Crippen LogP contribution >= 0.6 is 7.14 Å². The summed E-state index contributed by atoms with van der Waals surface area (Å²) in [5, 5.41) is 3.07. The standard InChI is InChI=1S/C25H24F3N4OP/c1-5-19(16-8-6-7-9-17(16)26)31-25-22(28)14(2)30-20-12-18(27)23(32-24(20)25)15-10-11-21(29-13-15)34(3,4)33/h6-13,19H,5H2,1-4H3,(H,30,31). The number of hydrogen-bond donors (Lipinski definition) is 1. The van der Waals surface area contributed by atoms with Gasteiger partial charge in [-0.05, 0) is 44.9 Å². The van der Waals surface area contributed by atoms with E-state index in [2.05, 4.69) is 20.3 Å². The molecule has 4 rings (SSSR count). The van der Waals surface area contributed by atoms with Gasteiger partial charge in [-0.3, -0.25) is 4.98 Å². The highest BCUT2D eigenvalue weighted by molar-refractivity contribution is 7.69. The van der Waals surface area contributed by atoms with Crippen LogP contribution in [0.1, 0.15) is 30.6 Å². The van der Waals surface area contributed by atoms with Crippen molar-refractivity contribution in [3.63, 3.8) is 0 Å². The van der Waals surface area contributed by atoms with Crippen LogP contribution in [0.15, 0.2) is 48.7 Å². The molecule has 0 bridgehead atoms. The first-order valence-electron chi connectivity index (χ1n) is 10.8. The average molecular weight is 484 g/mol. The van der Waals surface area contributed by atoms with E-state index < -0.39 is 30.6 Å². The van der Waals surface area contributed by atoms with Crippen LogP contribution < -0.4 is 10.8 Å². The predicted molar refractivity (Wildman–Crippen MR) is 130 cm³/mol. The van der Waals surface area contributed by atoms with Gasteiger partial charge in [-0.15, -0.1) is 0 Å². The van der Waals surface area contributed by atoms with E-state index in [1.807, 2.05) is 6.92 Å². The molecule has 1 aromatic carbocycles. The number of aromatic nitrogens is 3. The lowest BCUT2D eigenvalue weighted by Gasteiger charge is -2.21. The SMILES string of the molecule is CCC(Nc1c(F)c(C)nc2cc(F)c(-c3ccc(P(C)(C)=O)nc3)nc12)c1ccccc1F. The van der Waals surface area contributed by atoms with E-state index in [0.29, 0.717) is 23.0 Å². The number of halogens is 3. The molecule has 1 N–H and O–H groups in total. The van der Waals surface area contributed by atoms with Gasteiger partial charge in [0, 0.05) is 23.4 Å². The summed E-state index contributed by atoms with van der Waals surface area (Å²) in [4.78, 5) is 12.8. The summed E-state index contributed by atoms with van der Waals surface area (Å²) >= 11 is 0. The highest BCUT2D eigenvalue weighted by Gasteiger charge is 2.22. The van der Waals surface area contributed by atoms with Crippen molar-refractivity contribution in [1.29, 1.82) is 0 Å². The smallest absolute Gasteiger partial charge is 0.169 e. The van der Waals surface area contributed by atoms with Crippen LogP contribution in [0.2, 0.25) is 0 Å². The predicted octanol–water partition coefficient (Wildman–Crippen LogP) is 6.23. The van der Waals surface area contributed by atoms with E-state index in [0.717, 1.165) is 0 Å². The van der Waals surface area contributed by atoms with Crippen LogP contribution in [0.4, 0.5) is 18.9 Å². The zero-order valence-electron chi connectivity index (χ0n) is 19.2. The van der Waals surface area contributed by atoms with Crippen molar-refractivity contribution in [2.45, 2.75) is 26.3 Å². The van der Waals surface area contributed by atoms with Crippen molar-refractivity contribution >= 4 is 29.3 Å². The summed E-state index contributed by atoms with van der Waals surface area (Å²) in [6.45, 7) is 6.52. The molecule has 9 heteroatoms. The lowest BCUT2D eigenvalue weighted by Crippen LogP contribution is -2.14. The molecule has 0 aliphatic rings. The lowest BCUT2D eigenvalue weighted by molar-refractivity contribution is 0.580. The van der Waals surface area contributed by atoms with Crippen LogP contribution in [0.25, 0.3) is 22.3 Å². The third kappa shape index (κ3) is 4.55. The van der Waals surface area contributed by atoms with E-state index >= 15 is 8.78 Å². The number of pyridine rings is 3. The molecule has 3 aromatic heterocycles. The van der Waals surface area contributed by atoms with Gasteiger partial charge in [-0.1, -0.05) is 25.1 Å². The summed E-state index contributed by atoms with van der Waals surface area (Å²) in [5.74, 6) is -1.70. The first kappa shape index (κ1) is 23.9. The van der Waals surface area contributed by atoms with Gasteiger partial charge < -0.3 is 9.88 Å². The molecule has 0 radical (unpaired) electrons. The molecule has 0 amide bonds. The summed E-state index contributed by atoms with van der Waals surface area (Å²) in [5.41, 5.74) is 1.49. The minimum atomic E-state index is -2.58. The number of nitrogens with zero attached hydrogens (tertiary/aromatic N) is 3. The molecule has 0 fully saturated rings. The molecule has 4 aromatic rings. The van der Waals surface area contributed by atoms with Crippen molar-refractivity contribution in [3.8, 4) is 11.3 Å². The quantitative estimate of drug-likeness (QED) is 0.329. The number of benzene rings is 1. The number of aryl methyl sites for hydroxylation is 1. The third-order valence-electron chi connectivity index (χ3n) is 5.60. The van der Waals surface area contributed by atoms with Crippen LogP contribution in [0.3, 0.4) is 0 Å². The summed E-state index contributed by atoms with van der Waals surface area (Å²) in [6, 6.07) is 10.1. The largest absolute Gasteiger partial charge is 0.374 e. The fourth-order valence-corrected chi connectivity index (χ4v) is 4.54. The normalized spacial score (nSPS) is 12.7. The average Bonchev–Trinajstić information content (AvgIpc) is 2.80. The summed E-state index contributed by atoms with van der Waals surface area (Å²) in [7, 11) is -2.58. The highest BCUT2D eigenvalue weighted by Crippen LogP contribution is 2.36. The van der Waals surface area contributed by atoms with Crippen molar-refractivity contribution in [3.05, 3.63) is 77.4 Å². The van der Waals surface area contributed by atoms with Gasteiger partial charge in [0.2, 0.25) is 0 Å². The van der Waals surface area contributed by atoms with Crippen molar-refractivity contribution < 1.29 is 17.7 Å². The number of nitrogens with one attached hydrogen (secondary N) is 1. The van der Waals surface area contributed by atoms with Crippen LogP contribution in [-0.2, 0) is 4.57 Å². The van der Waals surface area contributed by atoms with Crippen molar-refractivity contribution in [2.75, 3.05) is 18.6 Å². The number of hydrogen-bond acceptors (Lipinski definition) is 5. The van der Waals surface area contributed by atoms with E-state index in [-0.39, 0.29) is 28.1 Å². The molecule has 0 saturated heterocycles. The van der Waals surface area contributed by atoms with Crippen LogP contribution in [0.5, 0.6) is 0 Å².